The summed E-state index contributed by atoms with van der Waals surface area (Å²) >= 11 is 6.05. The molecule has 2 rings (SSSR count). The zero-order valence-corrected chi connectivity index (χ0v) is 10.5. The summed E-state index contributed by atoms with van der Waals surface area (Å²) in [6, 6.07) is 4.58. The summed E-state index contributed by atoms with van der Waals surface area (Å²) in [5.41, 5.74) is 6.37. The van der Waals surface area contributed by atoms with Crippen LogP contribution in [0.25, 0.3) is 0 Å². The van der Waals surface area contributed by atoms with Crippen LogP contribution in [0, 0.1) is 5.92 Å². The normalized spacial score (nSPS) is 19.4. The molecule has 1 aromatic carbocycles. The molecule has 0 bridgehead atoms. The molecule has 0 aliphatic carbocycles. The molecule has 0 saturated carbocycles. The Kier molecular flexibility index (Phi) is 3.92. The maximum absolute atomic E-state index is 11.9. The van der Waals surface area contributed by atoms with E-state index >= 15 is 0 Å². The van der Waals surface area contributed by atoms with E-state index in [1.165, 1.54) is 12.1 Å². The van der Waals surface area contributed by atoms with E-state index < -0.39 is 7.12 Å². The van der Waals surface area contributed by atoms with E-state index in [1.54, 1.807) is 11.0 Å². The Morgan fingerprint density at radius 3 is 2.78 bits per heavy atom. The molecule has 1 atom stereocenters. The quantitative estimate of drug-likeness (QED) is 0.635. The Bertz CT molecular complexity index is 470. The number of anilines is 1. The van der Waals surface area contributed by atoms with Crippen LogP contribution in [0.4, 0.5) is 5.69 Å². The molecule has 1 aliphatic heterocycles. The monoisotopic (exact) mass is 268 g/mol. The predicted octanol–water partition coefficient (Wildman–Crippen LogP) is -0.669. The number of nitrogens with zero attached hydrogens (tertiary/aromatic N) is 1. The molecule has 1 saturated heterocycles. The van der Waals surface area contributed by atoms with Crippen LogP contribution in [0.3, 0.4) is 0 Å². The van der Waals surface area contributed by atoms with Crippen LogP contribution in [-0.2, 0) is 4.79 Å². The van der Waals surface area contributed by atoms with Gasteiger partial charge in [-0.25, -0.2) is 0 Å². The molecular formula is C11H14BClN2O3. The average molecular weight is 269 g/mol. The van der Waals surface area contributed by atoms with Gasteiger partial charge in [-0.1, -0.05) is 17.7 Å². The second kappa shape index (κ2) is 5.28. The van der Waals surface area contributed by atoms with Crippen LogP contribution >= 0.6 is 11.6 Å². The second-order valence-electron chi connectivity index (χ2n) is 4.39. The number of hydrogen-bond donors (Lipinski definition) is 3. The molecule has 0 spiro atoms. The third-order valence-corrected chi connectivity index (χ3v) is 3.42. The fraction of sp³-hybridized carbons (Fsp3) is 0.364. The molecule has 1 unspecified atom stereocenters. The molecule has 5 nitrogen and oxygen atoms in total. The maximum Gasteiger partial charge on any atom is 0.488 e. The van der Waals surface area contributed by atoms with Gasteiger partial charge in [0, 0.05) is 13.0 Å². The minimum absolute atomic E-state index is 0.0445. The molecule has 1 aromatic rings. The summed E-state index contributed by atoms with van der Waals surface area (Å²) in [5.74, 6) is 0.0770. The van der Waals surface area contributed by atoms with Gasteiger partial charge in [-0.2, -0.15) is 0 Å². The molecule has 7 heteroatoms. The lowest BCUT2D eigenvalue weighted by molar-refractivity contribution is -0.117. The van der Waals surface area contributed by atoms with E-state index in [0.29, 0.717) is 35.7 Å². The van der Waals surface area contributed by atoms with Gasteiger partial charge in [0.1, 0.15) is 0 Å². The molecule has 1 aliphatic rings. The predicted molar refractivity (Wildman–Crippen MR) is 70.8 cm³/mol. The third-order valence-electron chi connectivity index (χ3n) is 3.10. The van der Waals surface area contributed by atoms with Gasteiger partial charge in [-0.05, 0) is 30.1 Å². The topological polar surface area (TPSA) is 86.8 Å². The van der Waals surface area contributed by atoms with E-state index in [1.807, 2.05) is 0 Å². The van der Waals surface area contributed by atoms with Crippen LogP contribution in [0.5, 0.6) is 0 Å². The van der Waals surface area contributed by atoms with Crippen molar-refractivity contribution in [1.82, 2.24) is 0 Å². The zero-order chi connectivity index (χ0) is 13.3. The van der Waals surface area contributed by atoms with Crippen LogP contribution in [0.15, 0.2) is 18.2 Å². The molecule has 18 heavy (non-hydrogen) atoms. The summed E-state index contributed by atoms with van der Waals surface area (Å²) < 4.78 is 0. The Labute approximate surface area is 110 Å². The molecule has 0 aromatic heterocycles. The van der Waals surface area contributed by atoms with E-state index in [9.17, 15) is 4.79 Å². The standard InChI is InChI=1S/C11H14BClN2O3/c13-9-2-1-8(12(17)18)4-10(9)15-6-7(5-14)3-11(15)16/h1-2,4,7,17-18H,3,5-6,14H2. The lowest BCUT2D eigenvalue weighted by Gasteiger charge is -2.19. The highest BCUT2D eigenvalue weighted by molar-refractivity contribution is 6.59. The Hall–Kier alpha value is -1.08. The van der Waals surface area contributed by atoms with Gasteiger partial charge in [-0.15, -0.1) is 0 Å². The lowest BCUT2D eigenvalue weighted by Crippen LogP contribution is -2.32. The van der Waals surface area contributed by atoms with Gasteiger partial charge in [-0.3, -0.25) is 4.79 Å². The summed E-state index contributed by atoms with van der Waals surface area (Å²) in [5, 5.41) is 18.7. The smallest absolute Gasteiger partial charge is 0.423 e. The van der Waals surface area contributed by atoms with E-state index in [0.717, 1.165) is 0 Å². The van der Waals surface area contributed by atoms with Gasteiger partial charge in [0.15, 0.2) is 0 Å². The third kappa shape index (κ3) is 2.51. The number of carbonyl (C=O) groups excluding carboxylic acids is 1. The summed E-state index contributed by atoms with van der Waals surface area (Å²) in [6.07, 6.45) is 0.402. The molecule has 1 heterocycles. The minimum Gasteiger partial charge on any atom is -0.423 e. The SMILES string of the molecule is NCC1CC(=O)N(c2cc(B(O)O)ccc2Cl)C1. The van der Waals surface area contributed by atoms with Crippen molar-refractivity contribution in [3.8, 4) is 0 Å². The Balaban J connectivity index is 2.33. The summed E-state index contributed by atoms with van der Waals surface area (Å²) in [6.45, 7) is 0.961. The highest BCUT2D eigenvalue weighted by atomic mass is 35.5. The van der Waals surface area contributed by atoms with Crippen LogP contribution in [0.1, 0.15) is 6.42 Å². The van der Waals surface area contributed by atoms with Crippen molar-refractivity contribution in [1.29, 1.82) is 0 Å². The minimum atomic E-state index is -1.58. The number of halogens is 1. The van der Waals surface area contributed by atoms with E-state index in [2.05, 4.69) is 0 Å². The highest BCUT2D eigenvalue weighted by Gasteiger charge is 2.31. The van der Waals surface area contributed by atoms with Crippen molar-refractivity contribution in [3.05, 3.63) is 23.2 Å². The van der Waals surface area contributed by atoms with E-state index in [4.69, 9.17) is 27.4 Å². The van der Waals surface area contributed by atoms with Crippen LogP contribution in [0.2, 0.25) is 5.02 Å². The van der Waals surface area contributed by atoms with Crippen molar-refractivity contribution < 1.29 is 14.8 Å². The van der Waals surface area contributed by atoms with Crippen molar-refractivity contribution in [2.24, 2.45) is 11.7 Å². The first kappa shape index (κ1) is 13.4. The number of amides is 1. The Morgan fingerprint density at radius 1 is 1.50 bits per heavy atom. The molecule has 96 valence electrons. The summed E-state index contributed by atoms with van der Waals surface area (Å²) in [7, 11) is -1.58. The first-order chi connectivity index (χ1) is 8.52. The lowest BCUT2D eigenvalue weighted by atomic mass is 9.80. The van der Waals surface area contributed by atoms with Gasteiger partial charge in [0.25, 0.3) is 0 Å². The molecule has 4 N–H and O–H groups in total. The number of hydrogen-bond acceptors (Lipinski definition) is 4. The molecule has 1 fully saturated rings. The number of benzene rings is 1. The number of carbonyl (C=O) groups is 1. The van der Waals surface area contributed by atoms with Crippen LogP contribution in [-0.4, -0.2) is 36.2 Å². The van der Waals surface area contributed by atoms with E-state index in [-0.39, 0.29) is 11.8 Å². The highest BCUT2D eigenvalue weighted by Crippen LogP contribution is 2.30. The van der Waals surface area contributed by atoms with Gasteiger partial charge in [0.05, 0.1) is 10.7 Å². The van der Waals surface area contributed by atoms with Crippen LogP contribution < -0.4 is 16.1 Å². The maximum atomic E-state index is 11.9. The first-order valence-corrected chi connectivity index (χ1v) is 6.06. The molecular weight excluding hydrogens is 254 g/mol. The average Bonchev–Trinajstić information content (AvgIpc) is 2.71. The summed E-state index contributed by atoms with van der Waals surface area (Å²) in [4.78, 5) is 13.4. The van der Waals surface area contributed by atoms with Gasteiger partial charge >= 0.3 is 7.12 Å². The Morgan fingerprint density at radius 2 is 2.22 bits per heavy atom. The number of nitrogens with two attached hydrogens (primary N) is 1. The van der Waals surface area contributed by atoms with Gasteiger partial charge in [0.2, 0.25) is 5.91 Å². The van der Waals surface area contributed by atoms with Crippen molar-refractivity contribution in [2.45, 2.75) is 6.42 Å². The first-order valence-electron chi connectivity index (χ1n) is 5.69. The van der Waals surface area contributed by atoms with Crippen molar-refractivity contribution in [2.75, 3.05) is 18.0 Å². The second-order valence-corrected chi connectivity index (χ2v) is 4.80. The zero-order valence-electron chi connectivity index (χ0n) is 9.71. The fourth-order valence-corrected chi connectivity index (χ4v) is 2.29. The fourth-order valence-electron chi connectivity index (χ4n) is 2.07. The number of rotatable bonds is 3. The molecule has 1 amide bonds. The van der Waals surface area contributed by atoms with Gasteiger partial charge < -0.3 is 20.7 Å². The van der Waals surface area contributed by atoms with Crippen molar-refractivity contribution in [3.63, 3.8) is 0 Å². The molecule has 0 radical (unpaired) electrons. The largest absolute Gasteiger partial charge is 0.488 e. The van der Waals surface area contributed by atoms with Crippen molar-refractivity contribution >= 4 is 35.8 Å².